The first-order valence-electron chi connectivity index (χ1n) is 9.80. The largest absolute Gasteiger partial charge is 0.508 e. The molecule has 5 rings (SSSR count). The van der Waals surface area contributed by atoms with E-state index >= 15 is 0 Å². The fourth-order valence-electron chi connectivity index (χ4n) is 5.77. The highest BCUT2D eigenvalue weighted by atomic mass is 35.5. The number of fused-ring (bicyclic) bond motifs is 4. The van der Waals surface area contributed by atoms with Gasteiger partial charge in [0.2, 0.25) is 0 Å². The molecule has 8 nitrogen and oxygen atoms in total. The molecule has 2 N–H and O–H groups in total. The Labute approximate surface area is 187 Å². The SMILES string of the molecule is CN1C(=O)[C@]2(Cl)C[C@@H]3C(=CC[C@@H]4C(=O)N(O)C(=O)[C@@H]43)[C@H](c3ccc(O)cc3)[C@]2(Cl)C1=O. The summed E-state index contributed by atoms with van der Waals surface area (Å²) in [6.45, 7) is 0. The van der Waals surface area contributed by atoms with Gasteiger partial charge in [-0.2, -0.15) is 5.06 Å². The highest BCUT2D eigenvalue weighted by Crippen LogP contribution is 2.65. The monoisotopic (exact) mass is 464 g/mol. The van der Waals surface area contributed by atoms with Crippen LogP contribution in [0.5, 0.6) is 5.75 Å². The van der Waals surface area contributed by atoms with E-state index in [9.17, 15) is 29.5 Å². The highest BCUT2D eigenvalue weighted by molar-refractivity contribution is 6.53. The molecular formula is C21H18Cl2N2O6. The second-order valence-corrected chi connectivity index (χ2v) is 9.82. The molecule has 2 heterocycles. The highest BCUT2D eigenvalue weighted by Gasteiger charge is 2.75. The first-order chi connectivity index (χ1) is 14.5. The zero-order chi connectivity index (χ0) is 22.5. The number of phenolic OH excluding ortho intramolecular Hbond substituents is 1. The van der Waals surface area contributed by atoms with Crippen molar-refractivity contribution in [2.45, 2.75) is 28.5 Å². The molecule has 2 aliphatic heterocycles. The number of benzene rings is 1. The summed E-state index contributed by atoms with van der Waals surface area (Å²) in [4.78, 5) is 48.6. The van der Waals surface area contributed by atoms with Crippen LogP contribution in [0.4, 0.5) is 0 Å². The molecule has 6 atom stereocenters. The molecule has 2 saturated heterocycles. The van der Waals surface area contributed by atoms with Crippen molar-refractivity contribution in [2.24, 2.45) is 17.8 Å². The van der Waals surface area contributed by atoms with E-state index in [1.54, 1.807) is 18.2 Å². The van der Waals surface area contributed by atoms with Gasteiger partial charge in [0.05, 0.1) is 11.8 Å². The minimum Gasteiger partial charge on any atom is -0.508 e. The third-order valence-corrected chi connectivity index (χ3v) is 8.63. The van der Waals surface area contributed by atoms with Crippen LogP contribution in [0.2, 0.25) is 0 Å². The fraction of sp³-hybridized carbons (Fsp3) is 0.429. The predicted molar refractivity (Wildman–Crippen MR) is 107 cm³/mol. The van der Waals surface area contributed by atoms with Crippen LogP contribution in [0.25, 0.3) is 0 Å². The molecule has 0 bridgehead atoms. The number of rotatable bonds is 1. The maximum Gasteiger partial charge on any atom is 0.257 e. The second kappa shape index (κ2) is 6.31. The summed E-state index contributed by atoms with van der Waals surface area (Å²) in [6.07, 6.45) is 1.83. The van der Waals surface area contributed by atoms with Gasteiger partial charge in [0.15, 0.2) is 9.75 Å². The maximum absolute atomic E-state index is 13.2. The molecule has 162 valence electrons. The van der Waals surface area contributed by atoms with E-state index in [-0.39, 0.29) is 23.7 Å². The fourth-order valence-corrected chi connectivity index (χ4v) is 6.79. The number of alkyl halides is 2. The van der Waals surface area contributed by atoms with Gasteiger partial charge in [-0.05, 0) is 36.5 Å². The quantitative estimate of drug-likeness (QED) is 0.283. The number of carbonyl (C=O) groups is 4. The van der Waals surface area contributed by atoms with E-state index in [1.807, 2.05) is 0 Å². The van der Waals surface area contributed by atoms with E-state index in [0.717, 1.165) is 4.90 Å². The van der Waals surface area contributed by atoms with Gasteiger partial charge in [0.25, 0.3) is 23.6 Å². The number of hydrogen-bond donors (Lipinski definition) is 2. The summed E-state index contributed by atoms with van der Waals surface area (Å²) in [6, 6.07) is 6.05. The van der Waals surface area contributed by atoms with Crippen LogP contribution in [0, 0.1) is 17.8 Å². The van der Waals surface area contributed by atoms with Crippen LogP contribution >= 0.6 is 23.2 Å². The van der Waals surface area contributed by atoms with Crippen molar-refractivity contribution in [1.82, 2.24) is 9.96 Å². The zero-order valence-electron chi connectivity index (χ0n) is 16.3. The van der Waals surface area contributed by atoms with Crippen LogP contribution in [-0.4, -0.2) is 60.7 Å². The molecular weight excluding hydrogens is 447 g/mol. The predicted octanol–water partition coefficient (Wildman–Crippen LogP) is 1.77. The molecule has 0 spiro atoms. The smallest absolute Gasteiger partial charge is 0.257 e. The maximum atomic E-state index is 13.2. The number of hydroxylamine groups is 2. The van der Waals surface area contributed by atoms with Gasteiger partial charge < -0.3 is 5.11 Å². The van der Waals surface area contributed by atoms with Crippen LogP contribution in [0.1, 0.15) is 24.3 Å². The summed E-state index contributed by atoms with van der Waals surface area (Å²) in [5.74, 6) is -5.95. The third-order valence-electron chi connectivity index (χ3n) is 7.22. The molecule has 0 radical (unpaired) electrons. The lowest BCUT2D eigenvalue weighted by molar-refractivity contribution is -0.173. The summed E-state index contributed by atoms with van der Waals surface area (Å²) in [5, 5.41) is 19.8. The van der Waals surface area contributed by atoms with Crippen molar-refractivity contribution in [3.8, 4) is 5.75 Å². The topological polar surface area (TPSA) is 115 Å². The van der Waals surface area contributed by atoms with Crippen molar-refractivity contribution >= 4 is 46.8 Å². The lowest BCUT2D eigenvalue weighted by Gasteiger charge is -2.50. The van der Waals surface area contributed by atoms with Gasteiger partial charge in [-0.1, -0.05) is 23.8 Å². The van der Waals surface area contributed by atoms with Crippen LogP contribution < -0.4 is 0 Å². The molecule has 10 heteroatoms. The number of amides is 4. The Hall–Kier alpha value is -2.42. The number of carbonyl (C=O) groups excluding carboxylic acids is 4. The van der Waals surface area contributed by atoms with Gasteiger partial charge in [-0.15, -0.1) is 23.2 Å². The number of allylic oxidation sites excluding steroid dienone is 2. The van der Waals surface area contributed by atoms with Gasteiger partial charge in [-0.3, -0.25) is 29.3 Å². The van der Waals surface area contributed by atoms with Crippen LogP contribution in [-0.2, 0) is 19.2 Å². The van der Waals surface area contributed by atoms with E-state index in [2.05, 4.69) is 0 Å². The lowest BCUT2D eigenvalue weighted by atomic mass is 9.56. The second-order valence-electron chi connectivity index (χ2n) is 8.58. The summed E-state index contributed by atoms with van der Waals surface area (Å²) in [5.41, 5.74) is 1.17. The van der Waals surface area contributed by atoms with Crippen molar-refractivity contribution < 1.29 is 29.5 Å². The molecule has 1 saturated carbocycles. The average molecular weight is 465 g/mol. The lowest BCUT2D eigenvalue weighted by Crippen LogP contribution is -2.60. The Morgan fingerprint density at radius 1 is 1.00 bits per heavy atom. The van der Waals surface area contributed by atoms with Crippen molar-refractivity contribution in [1.29, 1.82) is 0 Å². The molecule has 1 aromatic rings. The van der Waals surface area contributed by atoms with Crippen LogP contribution in [0.15, 0.2) is 35.9 Å². The van der Waals surface area contributed by atoms with E-state index in [1.165, 1.54) is 19.2 Å². The van der Waals surface area contributed by atoms with Gasteiger partial charge >= 0.3 is 0 Å². The van der Waals surface area contributed by atoms with Crippen molar-refractivity contribution in [2.75, 3.05) is 7.05 Å². The number of hydrogen-bond acceptors (Lipinski definition) is 6. The van der Waals surface area contributed by atoms with Gasteiger partial charge in [0, 0.05) is 13.0 Å². The Bertz CT molecular complexity index is 1090. The van der Waals surface area contributed by atoms with Crippen LogP contribution in [0.3, 0.4) is 0 Å². The van der Waals surface area contributed by atoms with E-state index < -0.39 is 57.0 Å². The standard InChI is InChI=1S/C21H18Cl2N2O6/c1-24-18(29)20(22)8-13-11(6-7-12-14(13)17(28)25(31)16(12)27)15(21(20,23)19(24)30)9-2-4-10(26)5-3-9/h2-6,12-15,26,31H,7-8H2,1H3/t12-,13+,14-,15-,20+,21-/m0/s1. The van der Waals surface area contributed by atoms with Crippen molar-refractivity contribution in [3.63, 3.8) is 0 Å². The number of imide groups is 2. The molecule has 2 aliphatic carbocycles. The van der Waals surface area contributed by atoms with Crippen molar-refractivity contribution in [3.05, 3.63) is 41.5 Å². The molecule has 4 aliphatic rings. The van der Waals surface area contributed by atoms with Gasteiger partial charge in [-0.25, -0.2) is 0 Å². The number of nitrogens with zero attached hydrogens (tertiary/aromatic N) is 2. The molecule has 1 aromatic carbocycles. The Morgan fingerprint density at radius 3 is 2.29 bits per heavy atom. The molecule has 0 aromatic heterocycles. The number of aromatic hydroxyl groups is 1. The number of likely N-dealkylation sites (tertiary alicyclic amines) is 1. The minimum absolute atomic E-state index is 0.00740. The molecule has 3 fully saturated rings. The molecule has 0 unspecified atom stereocenters. The molecule has 31 heavy (non-hydrogen) atoms. The first kappa shape index (κ1) is 20.5. The summed E-state index contributed by atoms with van der Waals surface area (Å²) >= 11 is 13.9. The Morgan fingerprint density at radius 2 is 1.65 bits per heavy atom. The molecule has 4 amide bonds. The zero-order valence-corrected chi connectivity index (χ0v) is 17.8. The first-order valence-corrected chi connectivity index (χ1v) is 10.6. The van der Waals surface area contributed by atoms with Gasteiger partial charge in [0.1, 0.15) is 5.75 Å². The van der Waals surface area contributed by atoms with E-state index in [0.29, 0.717) is 11.1 Å². The number of halogens is 2. The minimum atomic E-state index is -1.85. The Balaban J connectivity index is 1.74. The Kier molecular flexibility index (Phi) is 4.17. The summed E-state index contributed by atoms with van der Waals surface area (Å²) in [7, 11) is 1.31. The van der Waals surface area contributed by atoms with E-state index in [4.69, 9.17) is 23.2 Å². The summed E-state index contributed by atoms with van der Waals surface area (Å²) < 4.78 is 0. The third kappa shape index (κ3) is 2.30. The average Bonchev–Trinajstić information content (AvgIpc) is 3.04. The normalized spacial score (nSPS) is 39.4. The number of phenols is 1.